The zero-order valence-electron chi connectivity index (χ0n) is 11.3. The van der Waals surface area contributed by atoms with Gasteiger partial charge in [-0.2, -0.15) is 0 Å². The fourth-order valence-electron chi connectivity index (χ4n) is 1.74. The van der Waals surface area contributed by atoms with Crippen LogP contribution in [-0.4, -0.2) is 54.0 Å². The molecule has 1 saturated heterocycles. The summed E-state index contributed by atoms with van der Waals surface area (Å²) in [5, 5.41) is 9.46. The van der Waals surface area contributed by atoms with E-state index in [1.165, 1.54) is 7.11 Å². The van der Waals surface area contributed by atoms with Crippen molar-refractivity contribution in [2.45, 2.75) is 38.9 Å². The number of rotatable bonds is 3. The molecule has 0 bridgehead atoms. The predicted octanol–water partition coefficient (Wildman–Crippen LogP) is 0.777. The summed E-state index contributed by atoms with van der Waals surface area (Å²) < 4.78 is 9.62. The first-order valence-electron chi connectivity index (χ1n) is 5.96. The summed E-state index contributed by atoms with van der Waals surface area (Å²) in [5.74, 6) is -0.516. The lowest BCUT2D eigenvalue weighted by molar-refractivity contribution is -0.151. The number of hydrogen-bond donors (Lipinski definition) is 1. The van der Waals surface area contributed by atoms with Gasteiger partial charge in [0.25, 0.3) is 0 Å². The Morgan fingerprint density at radius 3 is 2.39 bits per heavy atom. The predicted molar refractivity (Wildman–Crippen MR) is 63.9 cm³/mol. The van der Waals surface area contributed by atoms with Crippen molar-refractivity contribution in [2.75, 3.05) is 20.2 Å². The summed E-state index contributed by atoms with van der Waals surface area (Å²) >= 11 is 0. The van der Waals surface area contributed by atoms with Gasteiger partial charge in [0.2, 0.25) is 0 Å². The highest BCUT2D eigenvalue weighted by atomic mass is 16.6. The van der Waals surface area contributed by atoms with Crippen LogP contribution in [0.4, 0.5) is 4.79 Å². The molecular weight excluding hydrogens is 238 g/mol. The first kappa shape index (κ1) is 14.8. The summed E-state index contributed by atoms with van der Waals surface area (Å²) in [6.07, 6.45) is -1.15. The van der Waals surface area contributed by atoms with Crippen LogP contribution in [-0.2, 0) is 14.3 Å². The van der Waals surface area contributed by atoms with E-state index in [1.807, 2.05) is 20.8 Å². The van der Waals surface area contributed by atoms with E-state index in [0.29, 0.717) is 19.5 Å². The first-order chi connectivity index (χ1) is 8.23. The Morgan fingerprint density at radius 2 is 1.94 bits per heavy atom. The second-order valence-electron chi connectivity index (χ2n) is 5.53. The number of carbonyl (C=O) groups is 2. The minimum Gasteiger partial charge on any atom is -0.467 e. The van der Waals surface area contributed by atoms with E-state index < -0.39 is 17.7 Å². The number of nitrogens with zero attached hydrogens (tertiary/aromatic N) is 1. The Morgan fingerprint density at radius 1 is 1.39 bits per heavy atom. The van der Waals surface area contributed by atoms with Crippen LogP contribution >= 0.6 is 0 Å². The Balaban J connectivity index is 2.28. The van der Waals surface area contributed by atoms with E-state index in [-0.39, 0.29) is 12.0 Å². The molecule has 0 spiro atoms. The number of esters is 1. The molecule has 1 fully saturated rings. The standard InChI is InChI=1S/C12H21NO5/c1-12(2,3)18-11(16)13-6-8(7-13)5-9(14)10(15)17-4/h8-9,14H,5-7H2,1-4H3. The van der Waals surface area contributed by atoms with E-state index in [2.05, 4.69) is 4.74 Å². The molecule has 1 rings (SSSR count). The number of ether oxygens (including phenoxy) is 2. The maximum Gasteiger partial charge on any atom is 0.410 e. The highest BCUT2D eigenvalue weighted by Gasteiger charge is 2.35. The van der Waals surface area contributed by atoms with Gasteiger partial charge in [-0.05, 0) is 33.1 Å². The monoisotopic (exact) mass is 259 g/mol. The van der Waals surface area contributed by atoms with Crippen molar-refractivity contribution in [3.05, 3.63) is 0 Å². The molecule has 0 aromatic heterocycles. The lowest BCUT2D eigenvalue weighted by Crippen LogP contribution is -2.52. The van der Waals surface area contributed by atoms with Crippen molar-refractivity contribution in [1.29, 1.82) is 0 Å². The van der Waals surface area contributed by atoms with Crippen molar-refractivity contribution in [1.82, 2.24) is 4.90 Å². The third kappa shape index (κ3) is 4.18. The number of aliphatic hydroxyl groups is 1. The van der Waals surface area contributed by atoms with E-state index in [4.69, 9.17) is 4.74 Å². The molecule has 18 heavy (non-hydrogen) atoms. The van der Waals surface area contributed by atoms with Crippen LogP contribution in [0, 0.1) is 5.92 Å². The quantitative estimate of drug-likeness (QED) is 0.758. The Labute approximate surface area is 107 Å². The zero-order chi connectivity index (χ0) is 13.9. The van der Waals surface area contributed by atoms with Gasteiger partial charge in [0, 0.05) is 13.1 Å². The summed E-state index contributed by atoms with van der Waals surface area (Å²) in [7, 11) is 1.24. The summed E-state index contributed by atoms with van der Waals surface area (Å²) in [5.41, 5.74) is -0.506. The van der Waals surface area contributed by atoms with Crippen molar-refractivity contribution in [3.63, 3.8) is 0 Å². The molecule has 6 heteroatoms. The second kappa shape index (κ2) is 5.56. The molecule has 1 unspecified atom stereocenters. The minimum atomic E-state index is -1.11. The van der Waals surface area contributed by atoms with Gasteiger partial charge in [-0.3, -0.25) is 0 Å². The molecule has 6 nitrogen and oxygen atoms in total. The van der Waals surface area contributed by atoms with Gasteiger partial charge in [-0.15, -0.1) is 0 Å². The number of hydrogen-bond acceptors (Lipinski definition) is 5. The molecule has 104 valence electrons. The normalized spacial score (nSPS) is 17.9. The van der Waals surface area contributed by atoms with Crippen molar-refractivity contribution < 1.29 is 24.2 Å². The maximum atomic E-state index is 11.6. The van der Waals surface area contributed by atoms with Crippen molar-refractivity contribution in [2.24, 2.45) is 5.92 Å². The smallest absolute Gasteiger partial charge is 0.410 e. The van der Waals surface area contributed by atoms with E-state index in [9.17, 15) is 14.7 Å². The number of aliphatic hydroxyl groups excluding tert-OH is 1. The van der Waals surface area contributed by atoms with Crippen molar-refractivity contribution in [3.8, 4) is 0 Å². The second-order valence-corrected chi connectivity index (χ2v) is 5.53. The molecular formula is C12H21NO5. The van der Waals surface area contributed by atoms with Crippen LogP contribution in [0.1, 0.15) is 27.2 Å². The van der Waals surface area contributed by atoms with Gasteiger partial charge in [0.05, 0.1) is 7.11 Å². The zero-order valence-corrected chi connectivity index (χ0v) is 11.3. The molecule has 0 aromatic carbocycles. The molecule has 0 aliphatic carbocycles. The number of amides is 1. The first-order valence-corrected chi connectivity index (χ1v) is 5.96. The number of likely N-dealkylation sites (tertiary alicyclic amines) is 1. The van der Waals surface area contributed by atoms with Crippen LogP contribution in [0.15, 0.2) is 0 Å². The molecule has 0 aromatic rings. The third-order valence-corrected chi connectivity index (χ3v) is 2.64. The van der Waals surface area contributed by atoms with Gasteiger partial charge in [-0.1, -0.05) is 0 Å². The van der Waals surface area contributed by atoms with E-state index >= 15 is 0 Å². The Bertz CT molecular complexity index is 317. The Kier molecular flexibility index (Phi) is 4.56. The van der Waals surface area contributed by atoms with Crippen LogP contribution in [0.2, 0.25) is 0 Å². The fraction of sp³-hybridized carbons (Fsp3) is 0.833. The third-order valence-electron chi connectivity index (χ3n) is 2.64. The van der Waals surface area contributed by atoms with Crippen molar-refractivity contribution >= 4 is 12.1 Å². The summed E-state index contributed by atoms with van der Waals surface area (Å²) in [6, 6.07) is 0. The van der Waals surface area contributed by atoms with Gasteiger partial charge in [0.1, 0.15) is 5.60 Å². The lowest BCUT2D eigenvalue weighted by atomic mass is 9.94. The van der Waals surface area contributed by atoms with Crippen LogP contribution in [0.25, 0.3) is 0 Å². The molecule has 1 aliphatic heterocycles. The minimum absolute atomic E-state index is 0.117. The highest BCUT2D eigenvalue weighted by molar-refractivity contribution is 5.74. The number of carbonyl (C=O) groups excluding carboxylic acids is 2. The molecule has 1 N–H and O–H groups in total. The molecule has 1 amide bonds. The molecule has 1 atom stereocenters. The van der Waals surface area contributed by atoms with E-state index in [0.717, 1.165) is 0 Å². The average molecular weight is 259 g/mol. The van der Waals surface area contributed by atoms with Gasteiger partial charge >= 0.3 is 12.1 Å². The SMILES string of the molecule is COC(=O)C(O)CC1CN(C(=O)OC(C)(C)C)C1. The summed E-state index contributed by atoms with van der Waals surface area (Å²) in [4.78, 5) is 24.2. The fourth-order valence-corrected chi connectivity index (χ4v) is 1.74. The van der Waals surface area contributed by atoms with Crippen LogP contribution in [0.3, 0.4) is 0 Å². The van der Waals surface area contributed by atoms with Gasteiger partial charge in [-0.25, -0.2) is 9.59 Å². The van der Waals surface area contributed by atoms with E-state index in [1.54, 1.807) is 4.90 Å². The molecule has 0 radical (unpaired) electrons. The summed E-state index contributed by atoms with van der Waals surface area (Å²) in [6.45, 7) is 6.43. The van der Waals surface area contributed by atoms with Gasteiger partial charge < -0.3 is 19.5 Å². The largest absolute Gasteiger partial charge is 0.467 e. The average Bonchev–Trinajstić information content (AvgIpc) is 2.18. The van der Waals surface area contributed by atoms with Crippen LogP contribution in [0.5, 0.6) is 0 Å². The van der Waals surface area contributed by atoms with Crippen LogP contribution < -0.4 is 0 Å². The molecule has 1 aliphatic rings. The topological polar surface area (TPSA) is 76.1 Å². The Hall–Kier alpha value is -1.30. The number of methoxy groups -OCH3 is 1. The lowest BCUT2D eigenvalue weighted by Gasteiger charge is -2.40. The molecule has 1 heterocycles. The highest BCUT2D eigenvalue weighted by Crippen LogP contribution is 2.23. The maximum absolute atomic E-state index is 11.6. The molecule has 0 saturated carbocycles. The van der Waals surface area contributed by atoms with Gasteiger partial charge in [0.15, 0.2) is 6.10 Å².